The van der Waals surface area contributed by atoms with Crippen molar-refractivity contribution in [3.63, 3.8) is 0 Å². The number of fused-ring (bicyclic) bond motifs is 3. The van der Waals surface area contributed by atoms with Gasteiger partial charge in [-0.2, -0.15) is 5.26 Å². The van der Waals surface area contributed by atoms with Crippen LogP contribution in [0.4, 0.5) is 0 Å². The van der Waals surface area contributed by atoms with E-state index in [0.29, 0.717) is 23.0 Å². The number of aromatic nitrogens is 3. The van der Waals surface area contributed by atoms with Crippen LogP contribution in [0.1, 0.15) is 5.56 Å². The van der Waals surface area contributed by atoms with Gasteiger partial charge in [0.25, 0.3) is 0 Å². The molecular weight excluding hydrogens is 769 g/mol. The largest absolute Gasteiger partial charge is 0.456 e. The van der Waals surface area contributed by atoms with E-state index in [-0.39, 0.29) is 0 Å². The zero-order valence-electron chi connectivity index (χ0n) is 34.0. The Balaban J connectivity index is 1.03. The van der Waals surface area contributed by atoms with Gasteiger partial charge in [-0.25, -0.2) is 15.0 Å². The van der Waals surface area contributed by atoms with E-state index >= 15 is 0 Å². The lowest BCUT2D eigenvalue weighted by atomic mass is 9.93. The van der Waals surface area contributed by atoms with Gasteiger partial charge in [-0.1, -0.05) is 182 Å². The molecule has 0 radical (unpaired) electrons. The molecule has 0 bridgehead atoms. The molecule has 63 heavy (non-hydrogen) atoms. The van der Waals surface area contributed by atoms with Gasteiger partial charge in [-0.3, -0.25) is 0 Å². The van der Waals surface area contributed by atoms with E-state index in [4.69, 9.17) is 19.4 Å². The van der Waals surface area contributed by atoms with E-state index in [9.17, 15) is 5.26 Å². The number of nitrogens with zero attached hydrogens (tertiary/aromatic N) is 4. The molecule has 0 N–H and O–H groups in total. The smallest absolute Gasteiger partial charge is 0.164 e. The quantitative estimate of drug-likeness (QED) is 0.153. The summed E-state index contributed by atoms with van der Waals surface area (Å²) in [4.78, 5) is 15.3. The van der Waals surface area contributed by atoms with Crippen molar-refractivity contribution < 1.29 is 4.42 Å². The summed E-state index contributed by atoms with van der Waals surface area (Å²) < 4.78 is 6.80. The van der Waals surface area contributed by atoms with Crippen molar-refractivity contribution in [3.05, 3.63) is 224 Å². The van der Waals surface area contributed by atoms with Crippen molar-refractivity contribution in [1.29, 1.82) is 5.26 Å². The van der Waals surface area contributed by atoms with Gasteiger partial charge in [0.2, 0.25) is 0 Å². The van der Waals surface area contributed by atoms with Gasteiger partial charge in [-0.15, -0.1) is 0 Å². The fourth-order valence-electron chi connectivity index (χ4n) is 8.33. The highest BCUT2D eigenvalue weighted by Crippen LogP contribution is 2.42. The summed E-state index contributed by atoms with van der Waals surface area (Å²) in [6.45, 7) is 0. The molecule has 0 saturated carbocycles. The minimum atomic E-state index is 0.539. The molecule has 0 spiro atoms. The minimum Gasteiger partial charge on any atom is -0.456 e. The first-order chi connectivity index (χ1) is 31.1. The van der Waals surface area contributed by atoms with Crippen LogP contribution >= 0.6 is 0 Å². The van der Waals surface area contributed by atoms with Gasteiger partial charge in [-0.05, 0) is 92.0 Å². The molecule has 0 fully saturated rings. The molecule has 11 aromatic rings. The second-order valence-electron chi connectivity index (χ2n) is 15.5. The van der Waals surface area contributed by atoms with E-state index in [1.165, 1.54) is 11.1 Å². The van der Waals surface area contributed by atoms with E-state index in [0.717, 1.165) is 83.1 Å². The fraction of sp³-hybridized carbons (Fsp3) is 0. The van der Waals surface area contributed by atoms with Crippen LogP contribution in [-0.4, -0.2) is 15.0 Å². The van der Waals surface area contributed by atoms with Crippen LogP contribution in [0.25, 0.3) is 112 Å². The number of nitriles is 1. The maximum absolute atomic E-state index is 9.49. The summed E-state index contributed by atoms with van der Waals surface area (Å²) >= 11 is 0. The van der Waals surface area contributed by atoms with Gasteiger partial charge >= 0.3 is 0 Å². The van der Waals surface area contributed by atoms with E-state index < -0.39 is 0 Å². The van der Waals surface area contributed by atoms with Crippen molar-refractivity contribution in [2.24, 2.45) is 0 Å². The maximum Gasteiger partial charge on any atom is 0.164 e. The molecule has 0 unspecified atom stereocenters. The average Bonchev–Trinajstić information content (AvgIpc) is 3.75. The Morgan fingerprint density at radius 1 is 0.317 bits per heavy atom. The predicted octanol–water partition coefficient (Wildman–Crippen LogP) is 15.0. The van der Waals surface area contributed by atoms with Gasteiger partial charge in [0.1, 0.15) is 11.2 Å². The molecule has 0 aliphatic carbocycles. The highest BCUT2D eigenvalue weighted by molar-refractivity contribution is 6.14. The Hall–Kier alpha value is -8.72. The molecule has 0 saturated heterocycles. The van der Waals surface area contributed by atoms with Gasteiger partial charge in [0, 0.05) is 27.5 Å². The molecule has 5 heteroatoms. The second-order valence-corrected chi connectivity index (χ2v) is 15.5. The Labute approximate surface area is 364 Å². The van der Waals surface area contributed by atoms with Crippen molar-refractivity contribution in [1.82, 2.24) is 15.0 Å². The Kier molecular flexibility index (Phi) is 9.50. The molecule has 2 aromatic heterocycles. The van der Waals surface area contributed by atoms with Crippen LogP contribution in [0.2, 0.25) is 0 Å². The zero-order valence-corrected chi connectivity index (χ0v) is 34.0. The predicted molar refractivity (Wildman–Crippen MR) is 255 cm³/mol. The third kappa shape index (κ3) is 7.33. The molecule has 5 nitrogen and oxygen atoms in total. The highest BCUT2D eigenvalue weighted by Gasteiger charge is 2.19. The molecule has 2 heterocycles. The second kappa shape index (κ2) is 16.0. The third-order valence-corrected chi connectivity index (χ3v) is 11.6. The van der Waals surface area contributed by atoms with Crippen LogP contribution in [0.3, 0.4) is 0 Å². The molecule has 0 aliphatic heterocycles. The van der Waals surface area contributed by atoms with Crippen molar-refractivity contribution in [2.45, 2.75) is 0 Å². The summed E-state index contributed by atoms with van der Waals surface area (Å²) in [5.41, 5.74) is 15.7. The number of furan rings is 1. The Morgan fingerprint density at radius 2 is 0.730 bits per heavy atom. The van der Waals surface area contributed by atoms with Crippen LogP contribution in [-0.2, 0) is 0 Å². The van der Waals surface area contributed by atoms with E-state index in [2.05, 4.69) is 140 Å². The first-order valence-corrected chi connectivity index (χ1v) is 20.9. The lowest BCUT2D eigenvalue weighted by Gasteiger charge is -2.10. The topological polar surface area (TPSA) is 75.6 Å². The normalized spacial score (nSPS) is 11.2. The standard InChI is InChI=1S/C58H36N4O/c59-37-38-11-10-18-48(33-38)44-23-29-47(30-24-44)57-60-56(46-27-21-43(22-28-46)40-14-6-2-7-15-40)61-58(62-57)49-31-32-51-53(35-49)63-54-36-50(41-16-8-3-9-17-41)34-52(55(51)54)45-25-19-42(20-26-45)39-12-4-1-5-13-39/h1-36H. The maximum atomic E-state index is 9.49. The van der Waals surface area contributed by atoms with Crippen LogP contribution in [0.5, 0.6) is 0 Å². The number of hydrogen-bond acceptors (Lipinski definition) is 5. The summed E-state index contributed by atoms with van der Waals surface area (Å²) in [5.74, 6) is 1.66. The Bertz CT molecular complexity index is 3470. The van der Waals surface area contributed by atoms with Crippen LogP contribution < -0.4 is 0 Å². The summed E-state index contributed by atoms with van der Waals surface area (Å²) in [7, 11) is 0. The molecule has 9 aromatic carbocycles. The fourth-order valence-corrected chi connectivity index (χ4v) is 8.33. The highest BCUT2D eigenvalue weighted by atomic mass is 16.3. The van der Waals surface area contributed by atoms with Crippen LogP contribution in [0.15, 0.2) is 223 Å². The van der Waals surface area contributed by atoms with Crippen molar-refractivity contribution >= 4 is 21.9 Å². The van der Waals surface area contributed by atoms with Crippen LogP contribution in [0, 0.1) is 11.3 Å². The monoisotopic (exact) mass is 804 g/mol. The van der Waals surface area contributed by atoms with Crippen molar-refractivity contribution in [3.8, 4) is 95.9 Å². The number of rotatable bonds is 8. The number of hydrogen-bond donors (Lipinski definition) is 0. The zero-order chi connectivity index (χ0) is 42.1. The first-order valence-electron chi connectivity index (χ1n) is 20.9. The van der Waals surface area contributed by atoms with Gasteiger partial charge < -0.3 is 4.42 Å². The summed E-state index contributed by atoms with van der Waals surface area (Å²) in [6.07, 6.45) is 0. The molecular formula is C58H36N4O. The SMILES string of the molecule is N#Cc1cccc(-c2ccc(-c3nc(-c4ccc(-c5ccccc5)cc4)nc(-c4ccc5c(c4)oc4cc(-c6ccccc6)cc(-c6ccc(-c7ccccc7)cc6)c45)n3)cc2)c1. The van der Waals surface area contributed by atoms with Gasteiger partial charge in [0.15, 0.2) is 17.5 Å². The molecule has 294 valence electrons. The molecule has 0 aliphatic rings. The number of benzene rings is 9. The average molecular weight is 805 g/mol. The summed E-state index contributed by atoms with van der Waals surface area (Å²) in [5, 5.41) is 11.6. The molecule has 11 rings (SSSR count). The molecule has 0 atom stereocenters. The third-order valence-electron chi connectivity index (χ3n) is 11.6. The summed E-state index contributed by atoms with van der Waals surface area (Å²) in [6, 6.07) is 77.0. The van der Waals surface area contributed by atoms with E-state index in [1.807, 2.05) is 84.9 Å². The minimum absolute atomic E-state index is 0.539. The van der Waals surface area contributed by atoms with Crippen molar-refractivity contribution in [2.75, 3.05) is 0 Å². The Morgan fingerprint density at radius 3 is 1.27 bits per heavy atom. The van der Waals surface area contributed by atoms with E-state index in [1.54, 1.807) is 0 Å². The molecule has 0 amide bonds. The van der Waals surface area contributed by atoms with Gasteiger partial charge in [0.05, 0.1) is 11.6 Å². The first kappa shape index (κ1) is 37.3. The lowest BCUT2D eigenvalue weighted by molar-refractivity contribution is 0.669. The lowest BCUT2D eigenvalue weighted by Crippen LogP contribution is -2.00.